The summed E-state index contributed by atoms with van der Waals surface area (Å²) in [6.45, 7) is 5.04. The Kier molecular flexibility index (Phi) is 5.62. The van der Waals surface area contributed by atoms with Gasteiger partial charge in [-0.2, -0.15) is 0 Å². The van der Waals surface area contributed by atoms with E-state index < -0.39 is 0 Å². The molecule has 1 unspecified atom stereocenters. The fraction of sp³-hybridized carbons (Fsp3) is 0.381. The van der Waals surface area contributed by atoms with Gasteiger partial charge in [0.15, 0.2) is 0 Å². The van der Waals surface area contributed by atoms with E-state index >= 15 is 0 Å². The number of para-hydroxylation sites is 1. The molecule has 2 aromatic carbocycles. The Morgan fingerprint density at radius 3 is 2.56 bits per heavy atom. The molecule has 2 heterocycles. The first-order valence-electron chi connectivity index (χ1n) is 9.42. The number of carbonyl (C=O) groups excluding carboxylic acids is 1. The van der Waals surface area contributed by atoms with E-state index in [4.69, 9.17) is 16.3 Å². The van der Waals surface area contributed by atoms with Gasteiger partial charge in [-0.15, -0.1) is 0 Å². The lowest BCUT2D eigenvalue weighted by atomic mass is 10.1. The van der Waals surface area contributed by atoms with Gasteiger partial charge < -0.3 is 15.0 Å². The summed E-state index contributed by atoms with van der Waals surface area (Å²) in [6.07, 6.45) is 0.785. The number of hydrogen-bond acceptors (Lipinski definition) is 4. The highest BCUT2D eigenvalue weighted by molar-refractivity contribution is 6.30. The predicted molar refractivity (Wildman–Crippen MR) is 108 cm³/mol. The zero-order chi connectivity index (χ0) is 18.6. The van der Waals surface area contributed by atoms with E-state index in [-0.39, 0.29) is 11.9 Å². The molecule has 0 aliphatic carbocycles. The summed E-state index contributed by atoms with van der Waals surface area (Å²) in [5.74, 6) is 0.110. The Morgan fingerprint density at radius 2 is 1.78 bits per heavy atom. The highest BCUT2D eigenvalue weighted by Gasteiger charge is 2.32. The molecule has 1 amide bonds. The van der Waals surface area contributed by atoms with E-state index in [0.29, 0.717) is 11.6 Å². The van der Waals surface area contributed by atoms with Crippen LogP contribution in [0.4, 0.5) is 11.4 Å². The number of nitrogens with zero attached hydrogens (tertiary/aromatic N) is 2. The monoisotopic (exact) mass is 385 g/mol. The number of benzene rings is 2. The number of anilines is 2. The Hall–Kier alpha value is -2.08. The third kappa shape index (κ3) is 4.26. The maximum Gasteiger partial charge on any atom is 0.249 e. The molecule has 1 atom stereocenters. The van der Waals surface area contributed by atoms with Crippen molar-refractivity contribution in [2.24, 2.45) is 0 Å². The van der Waals surface area contributed by atoms with Gasteiger partial charge in [-0.1, -0.05) is 29.8 Å². The standard InChI is InChI=1S/C21H24ClN3O2/c22-17-5-7-18(8-6-17)25-10-9-20(21(25)26)23-19-4-2-1-3-16(19)15-24-11-13-27-14-12-24/h1-8,20,23H,9-15H2. The van der Waals surface area contributed by atoms with Crippen LogP contribution < -0.4 is 10.2 Å². The molecule has 6 heteroatoms. The van der Waals surface area contributed by atoms with E-state index in [1.54, 1.807) is 0 Å². The van der Waals surface area contributed by atoms with Gasteiger partial charge in [-0.05, 0) is 42.3 Å². The van der Waals surface area contributed by atoms with E-state index in [0.717, 1.165) is 50.6 Å². The molecule has 142 valence electrons. The summed E-state index contributed by atoms with van der Waals surface area (Å²) in [4.78, 5) is 17.1. The average molecular weight is 386 g/mol. The van der Waals surface area contributed by atoms with Crippen molar-refractivity contribution in [1.82, 2.24) is 4.90 Å². The highest BCUT2D eigenvalue weighted by Crippen LogP contribution is 2.26. The SMILES string of the molecule is O=C1C(Nc2ccccc2CN2CCOCC2)CCN1c1ccc(Cl)cc1. The first kappa shape index (κ1) is 18.3. The van der Waals surface area contributed by atoms with Crippen molar-refractivity contribution in [2.45, 2.75) is 19.0 Å². The molecular weight excluding hydrogens is 362 g/mol. The van der Waals surface area contributed by atoms with E-state index in [1.807, 2.05) is 35.2 Å². The van der Waals surface area contributed by atoms with E-state index in [2.05, 4.69) is 28.4 Å². The van der Waals surface area contributed by atoms with Gasteiger partial charge in [0.25, 0.3) is 0 Å². The fourth-order valence-corrected chi connectivity index (χ4v) is 3.80. The van der Waals surface area contributed by atoms with Crippen LogP contribution in [-0.4, -0.2) is 49.7 Å². The number of rotatable bonds is 5. The molecule has 5 nitrogen and oxygen atoms in total. The van der Waals surface area contributed by atoms with Crippen molar-refractivity contribution in [1.29, 1.82) is 0 Å². The van der Waals surface area contributed by atoms with Gasteiger partial charge in [-0.25, -0.2) is 0 Å². The topological polar surface area (TPSA) is 44.8 Å². The summed E-state index contributed by atoms with van der Waals surface area (Å²) in [5.41, 5.74) is 3.16. The Balaban J connectivity index is 1.45. The zero-order valence-corrected chi connectivity index (χ0v) is 16.0. The Labute approximate surface area is 164 Å². The largest absolute Gasteiger partial charge is 0.379 e. The van der Waals surface area contributed by atoms with E-state index in [1.165, 1.54) is 5.56 Å². The van der Waals surface area contributed by atoms with Crippen LogP contribution in [-0.2, 0) is 16.1 Å². The van der Waals surface area contributed by atoms with Gasteiger partial charge in [0.2, 0.25) is 5.91 Å². The minimum absolute atomic E-state index is 0.110. The first-order chi connectivity index (χ1) is 13.2. The van der Waals surface area contributed by atoms with Crippen LogP contribution in [0.15, 0.2) is 48.5 Å². The molecule has 2 aromatic rings. The molecule has 0 radical (unpaired) electrons. The quantitative estimate of drug-likeness (QED) is 0.856. The second kappa shape index (κ2) is 8.30. The van der Waals surface area contributed by atoms with Crippen LogP contribution in [0.1, 0.15) is 12.0 Å². The van der Waals surface area contributed by atoms with Crippen molar-refractivity contribution in [3.63, 3.8) is 0 Å². The zero-order valence-electron chi connectivity index (χ0n) is 15.2. The van der Waals surface area contributed by atoms with Crippen molar-refractivity contribution in [3.8, 4) is 0 Å². The molecule has 0 bridgehead atoms. The molecular formula is C21H24ClN3O2. The summed E-state index contributed by atoms with van der Waals surface area (Å²) in [5, 5.41) is 4.16. The predicted octanol–water partition coefficient (Wildman–Crippen LogP) is 3.39. The van der Waals surface area contributed by atoms with Gasteiger partial charge in [0.05, 0.1) is 13.2 Å². The second-order valence-electron chi connectivity index (χ2n) is 7.00. The van der Waals surface area contributed by atoms with Crippen LogP contribution in [0.2, 0.25) is 5.02 Å². The molecule has 4 rings (SSSR count). The molecule has 2 fully saturated rings. The minimum Gasteiger partial charge on any atom is -0.379 e. The molecule has 1 N–H and O–H groups in total. The lowest BCUT2D eigenvalue weighted by Gasteiger charge is -2.28. The van der Waals surface area contributed by atoms with Gasteiger partial charge >= 0.3 is 0 Å². The summed E-state index contributed by atoms with van der Waals surface area (Å²) in [7, 11) is 0. The number of morpholine rings is 1. The minimum atomic E-state index is -0.202. The van der Waals surface area contributed by atoms with Crippen LogP contribution >= 0.6 is 11.6 Å². The van der Waals surface area contributed by atoms with Crippen LogP contribution in [0.5, 0.6) is 0 Å². The summed E-state index contributed by atoms with van der Waals surface area (Å²) in [6, 6.07) is 15.5. The lowest BCUT2D eigenvalue weighted by molar-refractivity contribution is -0.117. The number of halogens is 1. The van der Waals surface area contributed by atoms with Crippen LogP contribution in [0.3, 0.4) is 0 Å². The molecule has 0 aromatic heterocycles. The second-order valence-corrected chi connectivity index (χ2v) is 7.43. The molecule has 27 heavy (non-hydrogen) atoms. The number of ether oxygens (including phenoxy) is 1. The van der Waals surface area contributed by atoms with Crippen molar-refractivity contribution in [3.05, 3.63) is 59.1 Å². The normalized spacial score (nSPS) is 20.9. The third-order valence-corrected chi connectivity index (χ3v) is 5.44. The smallest absolute Gasteiger partial charge is 0.249 e. The summed E-state index contributed by atoms with van der Waals surface area (Å²) >= 11 is 5.96. The first-order valence-corrected chi connectivity index (χ1v) is 9.80. The molecule has 2 saturated heterocycles. The van der Waals surface area contributed by atoms with E-state index in [9.17, 15) is 4.79 Å². The van der Waals surface area contributed by atoms with Crippen LogP contribution in [0, 0.1) is 0 Å². The van der Waals surface area contributed by atoms with Crippen LogP contribution in [0.25, 0.3) is 0 Å². The molecule has 0 saturated carbocycles. The molecule has 2 aliphatic rings. The highest BCUT2D eigenvalue weighted by atomic mass is 35.5. The van der Waals surface area contributed by atoms with Gasteiger partial charge in [-0.3, -0.25) is 9.69 Å². The lowest BCUT2D eigenvalue weighted by Crippen LogP contribution is -2.36. The van der Waals surface area contributed by atoms with Crippen molar-refractivity contribution >= 4 is 28.9 Å². The fourth-order valence-electron chi connectivity index (χ4n) is 3.68. The number of nitrogens with one attached hydrogen (secondary N) is 1. The van der Waals surface area contributed by atoms with Gasteiger partial charge in [0.1, 0.15) is 6.04 Å². The number of carbonyl (C=O) groups is 1. The maximum absolute atomic E-state index is 12.9. The maximum atomic E-state index is 12.9. The Bertz CT molecular complexity index is 790. The third-order valence-electron chi connectivity index (χ3n) is 5.19. The summed E-state index contributed by atoms with van der Waals surface area (Å²) < 4.78 is 5.43. The molecule has 0 spiro atoms. The molecule has 2 aliphatic heterocycles. The number of hydrogen-bond donors (Lipinski definition) is 1. The number of amides is 1. The average Bonchev–Trinajstić information content (AvgIpc) is 3.05. The van der Waals surface area contributed by atoms with Crippen molar-refractivity contribution < 1.29 is 9.53 Å². The Morgan fingerprint density at radius 1 is 1.04 bits per heavy atom. The van der Waals surface area contributed by atoms with Gasteiger partial charge in [0, 0.05) is 42.6 Å². The van der Waals surface area contributed by atoms with Crippen molar-refractivity contribution in [2.75, 3.05) is 43.1 Å².